The number of halogens is 4. The van der Waals surface area contributed by atoms with Gasteiger partial charge in [-0.25, -0.2) is 18.6 Å². The summed E-state index contributed by atoms with van der Waals surface area (Å²) < 4.78 is 36.3. The van der Waals surface area contributed by atoms with Crippen molar-refractivity contribution in [1.82, 2.24) is 4.98 Å². The predicted octanol–water partition coefficient (Wildman–Crippen LogP) is 4.87. The van der Waals surface area contributed by atoms with Crippen molar-refractivity contribution in [3.05, 3.63) is 39.1 Å². The smallest absolute Gasteiger partial charge is 0.376 e. The molecule has 0 atom stereocenters. The fourth-order valence-electron chi connectivity index (χ4n) is 1.61. The zero-order valence-electron chi connectivity index (χ0n) is 10.7. The molecule has 0 saturated heterocycles. The molecule has 0 amide bonds. The molecule has 0 aliphatic carbocycles. The molecule has 0 fully saturated rings. The van der Waals surface area contributed by atoms with Crippen LogP contribution in [0.15, 0.2) is 27.1 Å². The number of aromatic nitrogens is 1. The molecule has 112 valence electrons. The summed E-state index contributed by atoms with van der Waals surface area (Å²) in [5.41, 5.74) is -0.469. The Kier molecular flexibility index (Phi) is 4.95. The van der Waals surface area contributed by atoms with Crippen molar-refractivity contribution in [1.29, 1.82) is 0 Å². The lowest BCUT2D eigenvalue weighted by Gasteiger charge is -2.01. The summed E-state index contributed by atoms with van der Waals surface area (Å²) in [6.07, 6.45) is -2.96. The third-order valence-corrected chi connectivity index (χ3v) is 3.80. The van der Waals surface area contributed by atoms with E-state index in [0.717, 1.165) is 0 Å². The first-order valence-electron chi connectivity index (χ1n) is 5.86. The normalized spacial score (nSPS) is 11.0. The van der Waals surface area contributed by atoms with Gasteiger partial charge < -0.3 is 9.15 Å². The molecule has 1 heterocycles. The van der Waals surface area contributed by atoms with Gasteiger partial charge in [0.15, 0.2) is 5.69 Å². The topological polar surface area (TPSA) is 52.3 Å². The fraction of sp³-hybridized carbons (Fsp3) is 0.231. The highest BCUT2D eigenvalue weighted by molar-refractivity contribution is 9.10. The van der Waals surface area contributed by atoms with Gasteiger partial charge in [0, 0.05) is 4.47 Å². The van der Waals surface area contributed by atoms with E-state index >= 15 is 0 Å². The molecular weight excluding hydrogens is 372 g/mol. The fourth-order valence-corrected chi connectivity index (χ4v) is 2.18. The van der Waals surface area contributed by atoms with Gasteiger partial charge in [-0.1, -0.05) is 17.7 Å². The maximum absolute atomic E-state index is 13.0. The Hall–Kier alpha value is -1.47. The Balaban J connectivity index is 2.54. The summed E-state index contributed by atoms with van der Waals surface area (Å²) in [4.78, 5) is 15.3. The molecule has 1 aromatic carbocycles. The maximum atomic E-state index is 13.0. The van der Waals surface area contributed by atoms with Crippen molar-refractivity contribution < 1.29 is 22.7 Å². The second-order valence-corrected chi connectivity index (χ2v) is 5.09. The lowest BCUT2D eigenvalue weighted by Crippen LogP contribution is -2.06. The second kappa shape index (κ2) is 6.53. The molecule has 0 radical (unpaired) electrons. The zero-order chi connectivity index (χ0) is 15.6. The Labute approximate surface area is 132 Å². The Bertz CT molecular complexity index is 675. The highest BCUT2D eigenvalue weighted by Crippen LogP contribution is 2.35. The minimum Gasteiger partial charge on any atom is -0.460 e. The predicted molar refractivity (Wildman–Crippen MR) is 75.6 cm³/mol. The first-order valence-corrected chi connectivity index (χ1v) is 7.03. The molecule has 0 bridgehead atoms. The number of ether oxygens (including phenoxy) is 1. The van der Waals surface area contributed by atoms with Crippen molar-refractivity contribution in [2.75, 3.05) is 6.61 Å². The minimum atomic E-state index is -2.96. The van der Waals surface area contributed by atoms with E-state index in [4.69, 9.17) is 16.0 Å². The zero-order valence-corrected chi connectivity index (χ0v) is 13.0. The second-order valence-electron chi connectivity index (χ2n) is 3.86. The number of benzene rings is 1. The molecule has 2 rings (SSSR count). The Morgan fingerprint density at radius 1 is 1.52 bits per heavy atom. The van der Waals surface area contributed by atoms with Gasteiger partial charge >= 0.3 is 5.97 Å². The maximum Gasteiger partial charge on any atom is 0.376 e. The van der Waals surface area contributed by atoms with Gasteiger partial charge in [0.1, 0.15) is 0 Å². The lowest BCUT2D eigenvalue weighted by molar-refractivity contribution is 0.0476. The lowest BCUT2D eigenvalue weighted by atomic mass is 10.2. The van der Waals surface area contributed by atoms with E-state index < -0.39 is 23.8 Å². The van der Waals surface area contributed by atoms with Crippen molar-refractivity contribution in [2.24, 2.45) is 0 Å². The van der Waals surface area contributed by atoms with Gasteiger partial charge in [-0.05, 0) is 35.0 Å². The minimum absolute atomic E-state index is 0.0369. The Morgan fingerprint density at radius 2 is 2.24 bits per heavy atom. The average molecular weight is 381 g/mol. The Morgan fingerprint density at radius 3 is 2.86 bits per heavy atom. The van der Waals surface area contributed by atoms with Crippen LogP contribution in [0.25, 0.3) is 11.5 Å². The monoisotopic (exact) mass is 379 g/mol. The SMILES string of the molecule is CCOC(=O)c1oc(-c2cccc(Br)c2Cl)nc1C(F)F. The number of hydrogen-bond acceptors (Lipinski definition) is 4. The first kappa shape index (κ1) is 15.9. The first-order chi connectivity index (χ1) is 9.95. The highest BCUT2D eigenvalue weighted by atomic mass is 79.9. The van der Waals surface area contributed by atoms with Crippen molar-refractivity contribution in [3.63, 3.8) is 0 Å². The van der Waals surface area contributed by atoms with Crippen LogP contribution in [0.4, 0.5) is 8.78 Å². The number of hydrogen-bond donors (Lipinski definition) is 0. The summed E-state index contributed by atoms with van der Waals surface area (Å²) in [5.74, 6) is -1.77. The van der Waals surface area contributed by atoms with E-state index in [9.17, 15) is 13.6 Å². The standard InChI is InChI=1S/C13H9BrClF2NO3/c1-2-20-13(19)10-9(11(16)17)18-12(21-10)6-4-3-5-7(14)8(6)15/h3-5,11H,2H2,1H3. The van der Waals surface area contributed by atoms with Gasteiger partial charge in [0.05, 0.1) is 17.2 Å². The summed E-state index contributed by atoms with van der Waals surface area (Å²) in [6, 6.07) is 4.86. The molecule has 2 aromatic rings. The van der Waals surface area contributed by atoms with Gasteiger partial charge in [0.2, 0.25) is 11.7 Å². The molecule has 1 aromatic heterocycles. The molecule has 4 nitrogen and oxygen atoms in total. The van der Waals surface area contributed by atoms with E-state index in [1.54, 1.807) is 25.1 Å². The molecule has 0 unspecified atom stereocenters. The molecule has 8 heteroatoms. The van der Waals surface area contributed by atoms with Crippen LogP contribution in [-0.2, 0) is 4.74 Å². The number of carbonyl (C=O) groups is 1. The number of nitrogens with zero attached hydrogens (tertiary/aromatic N) is 1. The van der Waals surface area contributed by atoms with Gasteiger partial charge in [-0.15, -0.1) is 0 Å². The van der Waals surface area contributed by atoms with E-state index in [1.807, 2.05) is 0 Å². The number of alkyl halides is 2. The number of rotatable bonds is 4. The molecule has 0 aliphatic rings. The van der Waals surface area contributed by atoms with Crippen LogP contribution < -0.4 is 0 Å². The van der Waals surface area contributed by atoms with Gasteiger partial charge in [-0.3, -0.25) is 0 Å². The number of oxazole rings is 1. The van der Waals surface area contributed by atoms with E-state index in [0.29, 0.717) is 10.0 Å². The summed E-state index contributed by atoms with van der Waals surface area (Å²) in [5, 5.41) is 0.245. The van der Waals surface area contributed by atoms with Gasteiger partial charge in [-0.2, -0.15) is 0 Å². The van der Waals surface area contributed by atoms with Crippen molar-refractivity contribution in [3.8, 4) is 11.5 Å². The molecular formula is C13H9BrClF2NO3. The average Bonchev–Trinajstić information content (AvgIpc) is 2.87. The van der Waals surface area contributed by atoms with E-state index in [2.05, 4.69) is 25.7 Å². The number of esters is 1. The molecule has 0 aliphatic heterocycles. The van der Waals surface area contributed by atoms with Crippen LogP contribution in [0, 0.1) is 0 Å². The summed E-state index contributed by atoms with van der Waals surface area (Å²) in [7, 11) is 0. The third-order valence-electron chi connectivity index (χ3n) is 2.50. The van der Waals surface area contributed by atoms with Crippen molar-refractivity contribution in [2.45, 2.75) is 13.3 Å². The summed E-state index contributed by atoms with van der Waals surface area (Å²) in [6.45, 7) is 1.59. The molecule has 0 spiro atoms. The largest absolute Gasteiger partial charge is 0.460 e. The summed E-state index contributed by atoms with van der Waals surface area (Å²) >= 11 is 9.27. The highest BCUT2D eigenvalue weighted by Gasteiger charge is 2.28. The van der Waals surface area contributed by atoms with Crippen LogP contribution in [0.5, 0.6) is 0 Å². The van der Waals surface area contributed by atoms with Crippen LogP contribution in [0.2, 0.25) is 5.02 Å². The van der Waals surface area contributed by atoms with Crippen LogP contribution in [0.1, 0.15) is 29.6 Å². The quantitative estimate of drug-likeness (QED) is 0.710. The van der Waals surface area contributed by atoms with Crippen molar-refractivity contribution >= 4 is 33.5 Å². The molecule has 21 heavy (non-hydrogen) atoms. The van der Waals surface area contributed by atoms with Crippen LogP contribution in [0.3, 0.4) is 0 Å². The molecule has 0 N–H and O–H groups in total. The van der Waals surface area contributed by atoms with E-state index in [-0.39, 0.29) is 17.5 Å². The van der Waals surface area contributed by atoms with Crippen LogP contribution >= 0.6 is 27.5 Å². The van der Waals surface area contributed by atoms with Crippen LogP contribution in [-0.4, -0.2) is 17.6 Å². The number of carbonyl (C=O) groups excluding carboxylic acids is 1. The van der Waals surface area contributed by atoms with E-state index in [1.165, 1.54) is 0 Å². The third kappa shape index (κ3) is 3.24. The molecule has 0 saturated carbocycles. The van der Waals surface area contributed by atoms with Gasteiger partial charge in [0.25, 0.3) is 6.43 Å².